The number of carbonyl (C=O) groups excluding carboxylic acids is 2. The molecule has 7 nitrogen and oxygen atoms in total. The number of carbonyl (C=O) groups is 2. The topological polar surface area (TPSA) is 95.6 Å². The van der Waals surface area contributed by atoms with E-state index in [1.165, 1.54) is 25.2 Å². The molecule has 1 aliphatic heterocycles. The first kappa shape index (κ1) is 18.7. The molecule has 0 aliphatic carbocycles. The summed E-state index contributed by atoms with van der Waals surface area (Å²) < 4.78 is 25.8. The van der Waals surface area contributed by atoms with Crippen molar-refractivity contribution >= 4 is 33.4 Å². The lowest BCUT2D eigenvalue weighted by Gasteiger charge is -2.15. The summed E-state index contributed by atoms with van der Waals surface area (Å²) in [7, 11) is -2.38. The van der Waals surface area contributed by atoms with E-state index in [9.17, 15) is 18.0 Å². The molecule has 0 spiro atoms. The van der Waals surface area contributed by atoms with Gasteiger partial charge in [0.25, 0.3) is 5.91 Å². The third-order valence-electron chi connectivity index (χ3n) is 3.84. The Hall–Kier alpha value is -1.64. The molecule has 0 unspecified atom stereocenters. The van der Waals surface area contributed by atoms with E-state index in [0.29, 0.717) is 0 Å². The molecule has 0 bridgehead atoms. The quantitative estimate of drug-likeness (QED) is 0.777. The number of sulfonamides is 1. The average Bonchev–Trinajstić information content (AvgIpc) is 3.09. The Kier molecular flexibility index (Phi) is 6.20. The summed E-state index contributed by atoms with van der Waals surface area (Å²) in [5, 5.41) is 2.75. The van der Waals surface area contributed by atoms with E-state index in [2.05, 4.69) is 10.0 Å². The van der Waals surface area contributed by atoms with Gasteiger partial charge in [-0.25, -0.2) is 13.1 Å². The molecule has 1 aromatic rings. The molecule has 1 heterocycles. The van der Waals surface area contributed by atoms with E-state index in [1.54, 1.807) is 4.90 Å². The minimum absolute atomic E-state index is 0.00501. The van der Waals surface area contributed by atoms with Crippen LogP contribution in [-0.4, -0.2) is 51.8 Å². The third-order valence-corrected chi connectivity index (χ3v) is 5.59. The average molecular weight is 374 g/mol. The van der Waals surface area contributed by atoms with Gasteiger partial charge in [0.1, 0.15) is 0 Å². The summed E-state index contributed by atoms with van der Waals surface area (Å²) >= 11 is 5.98. The number of hydrogen-bond acceptors (Lipinski definition) is 4. The Bertz CT molecular complexity index is 730. The smallest absolute Gasteiger partial charge is 0.252 e. The number of likely N-dealkylation sites (tertiary alicyclic amines) is 1. The lowest BCUT2D eigenvalue weighted by Crippen LogP contribution is -2.32. The maximum atomic E-state index is 12.2. The number of benzene rings is 1. The molecule has 2 rings (SSSR count). The number of hydrogen-bond donors (Lipinski definition) is 2. The number of halogens is 1. The Morgan fingerprint density at radius 3 is 2.54 bits per heavy atom. The van der Waals surface area contributed by atoms with Gasteiger partial charge in [0.15, 0.2) is 0 Å². The SMILES string of the molecule is CNS(=O)(=O)c1ccc(Cl)c(C(=O)NCCC(=O)N2CCCC2)c1. The molecule has 2 N–H and O–H groups in total. The molecule has 0 atom stereocenters. The molecule has 0 aromatic heterocycles. The van der Waals surface area contributed by atoms with E-state index in [0.717, 1.165) is 25.9 Å². The van der Waals surface area contributed by atoms with Crippen LogP contribution in [0.2, 0.25) is 5.02 Å². The van der Waals surface area contributed by atoms with Crippen molar-refractivity contribution < 1.29 is 18.0 Å². The highest BCUT2D eigenvalue weighted by atomic mass is 35.5. The maximum absolute atomic E-state index is 12.2. The second-order valence-electron chi connectivity index (χ2n) is 5.44. The van der Waals surface area contributed by atoms with Gasteiger partial charge in [0.05, 0.1) is 15.5 Å². The Morgan fingerprint density at radius 1 is 1.25 bits per heavy atom. The zero-order valence-corrected chi connectivity index (χ0v) is 14.9. The fourth-order valence-corrected chi connectivity index (χ4v) is 3.43. The molecule has 132 valence electrons. The molecule has 9 heteroatoms. The number of nitrogens with one attached hydrogen (secondary N) is 2. The van der Waals surface area contributed by atoms with Crippen molar-refractivity contribution in [2.75, 3.05) is 26.7 Å². The monoisotopic (exact) mass is 373 g/mol. The van der Waals surface area contributed by atoms with E-state index >= 15 is 0 Å². The van der Waals surface area contributed by atoms with Crippen molar-refractivity contribution in [3.05, 3.63) is 28.8 Å². The normalized spacial score (nSPS) is 14.7. The predicted octanol–water partition coefficient (Wildman–Crippen LogP) is 0.990. The van der Waals surface area contributed by atoms with Crippen LogP contribution in [0.5, 0.6) is 0 Å². The van der Waals surface area contributed by atoms with Gasteiger partial charge in [0.2, 0.25) is 15.9 Å². The highest BCUT2D eigenvalue weighted by Crippen LogP contribution is 2.20. The van der Waals surface area contributed by atoms with Crippen molar-refractivity contribution in [3.8, 4) is 0 Å². The van der Waals surface area contributed by atoms with Crippen LogP contribution in [-0.2, 0) is 14.8 Å². The highest BCUT2D eigenvalue weighted by Gasteiger charge is 2.19. The first-order valence-corrected chi connectivity index (χ1v) is 9.50. The summed E-state index contributed by atoms with van der Waals surface area (Å²) in [5.41, 5.74) is 0.0570. The zero-order chi connectivity index (χ0) is 17.7. The lowest BCUT2D eigenvalue weighted by molar-refractivity contribution is -0.129. The largest absolute Gasteiger partial charge is 0.351 e. The molecule has 0 saturated carbocycles. The molecule has 1 aromatic carbocycles. The van der Waals surface area contributed by atoms with Gasteiger partial charge < -0.3 is 10.2 Å². The summed E-state index contributed by atoms with van der Waals surface area (Å²) in [4.78, 5) is 25.8. The third kappa shape index (κ3) is 4.46. The predicted molar refractivity (Wildman–Crippen MR) is 90.5 cm³/mol. The molecule has 0 radical (unpaired) electrons. The Labute approximate surface area is 146 Å². The van der Waals surface area contributed by atoms with Crippen LogP contribution in [0.3, 0.4) is 0 Å². The Balaban J connectivity index is 1.99. The van der Waals surface area contributed by atoms with Crippen LogP contribution in [0.25, 0.3) is 0 Å². The van der Waals surface area contributed by atoms with Crippen molar-refractivity contribution in [1.29, 1.82) is 0 Å². The summed E-state index contributed by atoms with van der Waals surface area (Å²) in [6, 6.07) is 3.89. The van der Waals surface area contributed by atoms with Gasteiger partial charge >= 0.3 is 0 Å². The van der Waals surface area contributed by atoms with E-state index < -0.39 is 15.9 Å². The number of nitrogens with zero attached hydrogens (tertiary/aromatic N) is 1. The minimum Gasteiger partial charge on any atom is -0.351 e. The van der Waals surface area contributed by atoms with Gasteiger partial charge in [-0.1, -0.05) is 11.6 Å². The Morgan fingerprint density at radius 2 is 1.92 bits per heavy atom. The van der Waals surface area contributed by atoms with Crippen LogP contribution >= 0.6 is 11.6 Å². The van der Waals surface area contributed by atoms with E-state index in [1.807, 2.05) is 0 Å². The van der Waals surface area contributed by atoms with Gasteiger partial charge in [-0.2, -0.15) is 0 Å². The first-order valence-electron chi connectivity index (χ1n) is 7.64. The van der Waals surface area contributed by atoms with Crippen molar-refractivity contribution in [2.24, 2.45) is 0 Å². The van der Waals surface area contributed by atoms with Crippen LogP contribution in [0.1, 0.15) is 29.6 Å². The van der Waals surface area contributed by atoms with Crippen LogP contribution in [0, 0.1) is 0 Å². The van der Waals surface area contributed by atoms with Crippen LogP contribution < -0.4 is 10.0 Å². The molecule has 1 saturated heterocycles. The van der Waals surface area contributed by atoms with Crippen molar-refractivity contribution in [1.82, 2.24) is 14.9 Å². The fraction of sp³-hybridized carbons (Fsp3) is 0.467. The van der Waals surface area contributed by atoms with Crippen LogP contribution in [0.4, 0.5) is 0 Å². The van der Waals surface area contributed by atoms with Crippen molar-refractivity contribution in [2.45, 2.75) is 24.2 Å². The molecule has 1 aliphatic rings. The van der Waals surface area contributed by atoms with E-state index in [4.69, 9.17) is 11.6 Å². The van der Waals surface area contributed by atoms with Gasteiger partial charge in [-0.15, -0.1) is 0 Å². The second kappa shape index (κ2) is 7.96. The maximum Gasteiger partial charge on any atom is 0.252 e. The summed E-state index contributed by atoms with van der Waals surface area (Å²) in [5.74, 6) is -0.507. The number of rotatable bonds is 6. The van der Waals surface area contributed by atoms with Crippen molar-refractivity contribution in [3.63, 3.8) is 0 Å². The van der Waals surface area contributed by atoms with Gasteiger partial charge in [0, 0.05) is 26.1 Å². The van der Waals surface area contributed by atoms with Crippen LogP contribution in [0.15, 0.2) is 23.1 Å². The standard InChI is InChI=1S/C15H20ClN3O4S/c1-17-24(22,23)11-4-5-13(16)12(10-11)15(21)18-7-6-14(20)19-8-2-3-9-19/h4-5,10,17H,2-3,6-9H2,1H3,(H,18,21). The highest BCUT2D eigenvalue weighted by molar-refractivity contribution is 7.89. The molecular formula is C15H20ClN3O4S. The summed E-state index contributed by atoms with van der Waals surface area (Å²) in [6.07, 6.45) is 2.23. The van der Waals surface area contributed by atoms with Gasteiger partial charge in [-0.05, 0) is 38.1 Å². The minimum atomic E-state index is -3.67. The van der Waals surface area contributed by atoms with Gasteiger partial charge in [-0.3, -0.25) is 9.59 Å². The molecule has 2 amide bonds. The number of amides is 2. The molecular weight excluding hydrogens is 354 g/mol. The second-order valence-corrected chi connectivity index (χ2v) is 7.74. The van der Waals surface area contributed by atoms with E-state index in [-0.39, 0.29) is 34.4 Å². The lowest BCUT2D eigenvalue weighted by atomic mass is 10.2. The summed E-state index contributed by atoms with van der Waals surface area (Å²) in [6.45, 7) is 1.71. The molecule has 24 heavy (non-hydrogen) atoms. The fourth-order valence-electron chi connectivity index (χ4n) is 2.47. The zero-order valence-electron chi connectivity index (χ0n) is 13.3. The molecule has 1 fully saturated rings. The first-order chi connectivity index (χ1) is 11.3.